The predicted molar refractivity (Wildman–Crippen MR) is 51.2 cm³/mol. The summed E-state index contributed by atoms with van der Waals surface area (Å²) >= 11 is 0. The van der Waals surface area contributed by atoms with Crippen LogP contribution in [-0.4, -0.2) is 11.7 Å². The number of phenolic OH excluding ortho intramolecular Hbond substituents is 1. The molecule has 0 aromatic heterocycles. The van der Waals surface area contributed by atoms with Crippen LogP contribution in [0.4, 0.5) is 13.2 Å². The molecule has 82 valence electrons. The smallest absolute Gasteiger partial charge is 0.417 e. The maximum absolute atomic E-state index is 12.5. The average molecular weight is 217 g/mol. The quantitative estimate of drug-likeness (QED) is 0.798. The van der Waals surface area contributed by atoms with Gasteiger partial charge in [-0.15, -0.1) is 0 Å². The van der Waals surface area contributed by atoms with Crippen LogP contribution in [0.2, 0.25) is 0 Å². The SMILES string of the molecule is NC/C=C/c1ccc(O)cc1C(F)(F)F. The second kappa shape index (κ2) is 4.35. The molecule has 0 saturated heterocycles. The van der Waals surface area contributed by atoms with Gasteiger partial charge in [0.1, 0.15) is 5.75 Å². The van der Waals surface area contributed by atoms with Crippen LogP contribution in [-0.2, 0) is 6.18 Å². The van der Waals surface area contributed by atoms with Gasteiger partial charge in [0.2, 0.25) is 0 Å². The first kappa shape index (κ1) is 11.6. The van der Waals surface area contributed by atoms with Crippen molar-refractivity contribution in [1.82, 2.24) is 0 Å². The van der Waals surface area contributed by atoms with Crippen LogP contribution >= 0.6 is 0 Å². The minimum absolute atomic E-state index is 0.00856. The van der Waals surface area contributed by atoms with Gasteiger partial charge in [-0.1, -0.05) is 18.2 Å². The fraction of sp³-hybridized carbons (Fsp3) is 0.200. The van der Waals surface area contributed by atoms with Crippen molar-refractivity contribution in [2.75, 3.05) is 6.54 Å². The van der Waals surface area contributed by atoms with E-state index < -0.39 is 17.5 Å². The summed E-state index contributed by atoms with van der Waals surface area (Å²) in [5.74, 6) is -0.410. The number of halogens is 3. The summed E-state index contributed by atoms with van der Waals surface area (Å²) in [5.41, 5.74) is 4.27. The molecule has 3 N–H and O–H groups in total. The summed E-state index contributed by atoms with van der Waals surface area (Å²) in [5, 5.41) is 8.98. The third-order valence-electron chi connectivity index (χ3n) is 1.78. The van der Waals surface area contributed by atoms with Crippen molar-refractivity contribution < 1.29 is 18.3 Å². The number of phenols is 1. The Labute approximate surface area is 84.8 Å². The highest BCUT2D eigenvalue weighted by molar-refractivity contribution is 5.56. The van der Waals surface area contributed by atoms with Gasteiger partial charge in [-0.25, -0.2) is 0 Å². The van der Waals surface area contributed by atoms with Crippen molar-refractivity contribution in [3.05, 3.63) is 35.4 Å². The van der Waals surface area contributed by atoms with Crippen LogP contribution in [0.5, 0.6) is 5.75 Å². The van der Waals surface area contributed by atoms with Gasteiger partial charge >= 0.3 is 6.18 Å². The van der Waals surface area contributed by atoms with E-state index in [0.717, 1.165) is 0 Å². The van der Waals surface area contributed by atoms with Gasteiger partial charge in [0.15, 0.2) is 0 Å². The van der Waals surface area contributed by atoms with Crippen LogP contribution in [0.15, 0.2) is 24.3 Å². The maximum atomic E-state index is 12.5. The minimum atomic E-state index is -4.48. The van der Waals surface area contributed by atoms with Gasteiger partial charge in [0, 0.05) is 6.54 Å². The lowest BCUT2D eigenvalue weighted by Crippen LogP contribution is -2.07. The van der Waals surface area contributed by atoms with Crippen molar-refractivity contribution in [2.24, 2.45) is 5.73 Å². The molecule has 0 saturated carbocycles. The van der Waals surface area contributed by atoms with Gasteiger partial charge in [-0.3, -0.25) is 0 Å². The van der Waals surface area contributed by atoms with E-state index in [4.69, 9.17) is 10.8 Å². The average Bonchev–Trinajstić information content (AvgIpc) is 2.14. The van der Waals surface area contributed by atoms with Crippen molar-refractivity contribution in [1.29, 1.82) is 0 Å². The summed E-state index contributed by atoms with van der Waals surface area (Å²) in [6, 6.07) is 3.09. The standard InChI is InChI=1S/C10H10F3NO/c11-10(12,13)9-6-8(15)4-3-7(9)2-1-5-14/h1-4,6,15H,5,14H2/b2-1+. The first-order valence-corrected chi connectivity index (χ1v) is 4.22. The maximum Gasteiger partial charge on any atom is 0.417 e. The van der Waals surface area contributed by atoms with Gasteiger partial charge < -0.3 is 10.8 Å². The molecule has 0 spiro atoms. The normalized spacial score (nSPS) is 12.3. The fourth-order valence-electron chi connectivity index (χ4n) is 1.13. The molecular formula is C10H10F3NO. The molecule has 0 unspecified atom stereocenters. The number of rotatable bonds is 2. The summed E-state index contributed by atoms with van der Waals surface area (Å²) in [6.07, 6.45) is -1.78. The van der Waals surface area contributed by atoms with Crippen LogP contribution in [0.1, 0.15) is 11.1 Å². The highest BCUT2D eigenvalue weighted by Gasteiger charge is 2.32. The van der Waals surface area contributed by atoms with E-state index in [2.05, 4.69) is 0 Å². The number of aromatic hydroxyl groups is 1. The summed E-state index contributed by atoms with van der Waals surface area (Å²) in [7, 11) is 0. The topological polar surface area (TPSA) is 46.2 Å². The molecule has 0 bridgehead atoms. The Morgan fingerprint density at radius 1 is 1.33 bits per heavy atom. The van der Waals surface area contributed by atoms with E-state index in [1.807, 2.05) is 0 Å². The Morgan fingerprint density at radius 3 is 2.53 bits per heavy atom. The molecule has 0 aliphatic rings. The van der Waals surface area contributed by atoms with Crippen molar-refractivity contribution in [2.45, 2.75) is 6.18 Å². The largest absolute Gasteiger partial charge is 0.508 e. The summed E-state index contributed by atoms with van der Waals surface area (Å²) < 4.78 is 37.4. The zero-order valence-corrected chi connectivity index (χ0v) is 7.75. The zero-order valence-electron chi connectivity index (χ0n) is 7.75. The van der Waals surface area contributed by atoms with E-state index in [-0.39, 0.29) is 12.1 Å². The highest BCUT2D eigenvalue weighted by Crippen LogP contribution is 2.34. The molecule has 0 atom stereocenters. The molecule has 0 fully saturated rings. The van der Waals surface area contributed by atoms with Crippen molar-refractivity contribution >= 4 is 6.08 Å². The summed E-state index contributed by atoms with van der Waals surface area (Å²) in [4.78, 5) is 0. The van der Waals surface area contributed by atoms with Crippen LogP contribution < -0.4 is 5.73 Å². The van der Waals surface area contributed by atoms with Gasteiger partial charge in [0.25, 0.3) is 0 Å². The number of hydrogen-bond acceptors (Lipinski definition) is 2. The zero-order chi connectivity index (χ0) is 11.5. The second-order valence-corrected chi connectivity index (χ2v) is 2.91. The molecule has 5 heteroatoms. The molecule has 2 nitrogen and oxygen atoms in total. The molecule has 1 aromatic rings. The molecule has 15 heavy (non-hydrogen) atoms. The molecular weight excluding hydrogens is 207 g/mol. The molecule has 1 aromatic carbocycles. The van der Waals surface area contributed by atoms with E-state index in [1.54, 1.807) is 0 Å². The molecule has 0 aliphatic carbocycles. The van der Waals surface area contributed by atoms with Gasteiger partial charge in [0.05, 0.1) is 5.56 Å². The lowest BCUT2D eigenvalue weighted by atomic mass is 10.1. The van der Waals surface area contributed by atoms with Gasteiger partial charge in [-0.2, -0.15) is 13.2 Å². The Bertz CT molecular complexity index is 371. The summed E-state index contributed by atoms with van der Waals surface area (Å²) in [6.45, 7) is 0.165. The highest BCUT2D eigenvalue weighted by atomic mass is 19.4. The minimum Gasteiger partial charge on any atom is -0.508 e. The van der Waals surface area contributed by atoms with E-state index in [9.17, 15) is 13.2 Å². The van der Waals surface area contributed by atoms with Crippen LogP contribution in [0.3, 0.4) is 0 Å². The van der Waals surface area contributed by atoms with Crippen LogP contribution in [0, 0.1) is 0 Å². The number of hydrogen-bond donors (Lipinski definition) is 2. The Hall–Kier alpha value is -1.49. The van der Waals surface area contributed by atoms with E-state index in [1.165, 1.54) is 24.3 Å². The van der Waals surface area contributed by atoms with Crippen molar-refractivity contribution in [3.8, 4) is 5.75 Å². The third-order valence-corrected chi connectivity index (χ3v) is 1.78. The monoisotopic (exact) mass is 217 g/mol. The molecule has 0 amide bonds. The lowest BCUT2D eigenvalue weighted by molar-refractivity contribution is -0.137. The second-order valence-electron chi connectivity index (χ2n) is 2.91. The van der Waals surface area contributed by atoms with E-state index >= 15 is 0 Å². The lowest BCUT2D eigenvalue weighted by Gasteiger charge is -2.10. The Balaban J connectivity index is 3.21. The molecule has 0 heterocycles. The van der Waals surface area contributed by atoms with Crippen LogP contribution in [0.25, 0.3) is 6.08 Å². The fourth-order valence-corrected chi connectivity index (χ4v) is 1.13. The Kier molecular flexibility index (Phi) is 3.36. The third kappa shape index (κ3) is 2.99. The molecule has 0 radical (unpaired) electrons. The Morgan fingerprint density at radius 2 is 2.00 bits per heavy atom. The molecule has 1 rings (SSSR count). The number of benzene rings is 1. The first-order valence-electron chi connectivity index (χ1n) is 4.22. The predicted octanol–water partition coefficient (Wildman–Crippen LogP) is 2.38. The van der Waals surface area contributed by atoms with E-state index in [0.29, 0.717) is 6.07 Å². The van der Waals surface area contributed by atoms with Gasteiger partial charge in [-0.05, 0) is 17.7 Å². The van der Waals surface area contributed by atoms with Crippen molar-refractivity contribution in [3.63, 3.8) is 0 Å². The molecule has 0 aliphatic heterocycles. The first-order chi connectivity index (χ1) is 6.95. The number of alkyl halides is 3. The number of nitrogens with two attached hydrogens (primary N) is 1.